The second-order valence-electron chi connectivity index (χ2n) is 12.8. The van der Waals surface area contributed by atoms with E-state index in [9.17, 15) is 19.2 Å². The highest BCUT2D eigenvalue weighted by molar-refractivity contribution is 5.92. The molecular formula is C35H42N6O5. The van der Waals surface area contributed by atoms with Crippen LogP contribution in [0, 0.1) is 11.3 Å². The van der Waals surface area contributed by atoms with E-state index in [4.69, 9.17) is 9.72 Å². The molecule has 0 aliphatic carbocycles. The Bertz CT molecular complexity index is 1640. The van der Waals surface area contributed by atoms with Gasteiger partial charge in [0.15, 0.2) is 6.10 Å². The minimum absolute atomic E-state index is 0.211. The number of hydrogen-bond donors (Lipinski definition) is 3. The molecule has 1 fully saturated rings. The minimum Gasteiger partial charge on any atom is -0.451 e. The maximum atomic E-state index is 14.0. The number of carbonyl (C=O) groups excluding carboxylic acids is 4. The van der Waals surface area contributed by atoms with Crippen molar-refractivity contribution in [1.29, 1.82) is 0 Å². The molecule has 2 aromatic carbocycles. The van der Waals surface area contributed by atoms with Crippen LogP contribution in [0.1, 0.15) is 51.7 Å². The number of anilines is 1. The number of nitrogens with one attached hydrogen (secondary N) is 3. The first-order chi connectivity index (χ1) is 21.9. The Morgan fingerprint density at radius 1 is 1.00 bits per heavy atom. The number of nitrogens with zero attached hydrogens (tertiary/aromatic N) is 3. The van der Waals surface area contributed by atoms with Gasteiger partial charge in [0.25, 0.3) is 17.7 Å². The maximum Gasteiger partial charge on any atom is 0.316 e. The molecule has 242 valence electrons. The predicted molar refractivity (Wildman–Crippen MR) is 176 cm³/mol. The molecule has 1 aromatic heterocycles. The molecule has 0 spiro atoms. The van der Waals surface area contributed by atoms with Crippen molar-refractivity contribution in [2.45, 2.75) is 65.1 Å². The molecule has 0 saturated carbocycles. The molecule has 3 amide bonds. The summed E-state index contributed by atoms with van der Waals surface area (Å²) in [5, 5.41) is 6.75. The zero-order chi connectivity index (χ0) is 33.0. The smallest absolute Gasteiger partial charge is 0.316 e. The lowest BCUT2D eigenvalue weighted by molar-refractivity contribution is -0.165. The van der Waals surface area contributed by atoms with Crippen molar-refractivity contribution in [3.05, 3.63) is 77.9 Å². The number of benzene rings is 2. The molecule has 11 heteroatoms. The van der Waals surface area contributed by atoms with Gasteiger partial charge in [-0.3, -0.25) is 34.6 Å². The van der Waals surface area contributed by atoms with Gasteiger partial charge in [0.2, 0.25) is 0 Å². The number of hydrazine groups is 2. The molecule has 3 N–H and O–H groups in total. The third kappa shape index (κ3) is 7.54. The standard InChI is InChI=1S/C35H42N6O5/c1-22(2)30-32(43)37-28(21-23-10-7-6-8-11-23)33(44)41-19-9-12-26(38-41)31(42)39-40(5)29-16-15-25-14-13-24(20-27(25)36-29)17-18-35(3,4)34(45)46-30/h6-8,10-11,13-18,20,22,26,28,30,38H,9,12,19,21H2,1-5H3,(H,37,43)(H,39,42)/b18-17+/t26-,28+,30-/m0/s1. The molecule has 2 aliphatic rings. The predicted octanol–water partition coefficient (Wildman–Crippen LogP) is 3.55. The first-order valence-electron chi connectivity index (χ1n) is 15.7. The van der Waals surface area contributed by atoms with Crippen LogP contribution in [0.15, 0.2) is 66.7 Å². The molecule has 46 heavy (non-hydrogen) atoms. The van der Waals surface area contributed by atoms with E-state index in [-0.39, 0.29) is 18.2 Å². The van der Waals surface area contributed by atoms with Gasteiger partial charge >= 0.3 is 5.97 Å². The van der Waals surface area contributed by atoms with Crippen molar-refractivity contribution in [3.8, 4) is 0 Å². The summed E-state index contributed by atoms with van der Waals surface area (Å²) in [6.07, 6.45) is 3.74. The summed E-state index contributed by atoms with van der Waals surface area (Å²) in [6, 6.07) is 17.2. The number of pyridine rings is 1. The summed E-state index contributed by atoms with van der Waals surface area (Å²) < 4.78 is 5.84. The minimum atomic E-state index is -1.13. The van der Waals surface area contributed by atoms with E-state index >= 15 is 0 Å². The number of fused-ring (bicyclic) bond motifs is 4. The molecular weight excluding hydrogens is 584 g/mol. The number of ether oxygens (including phenoxy) is 1. The van der Waals surface area contributed by atoms with Gasteiger partial charge in [0, 0.05) is 25.4 Å². The summed E-state index contributed by atoms with van der Waals surface area (Å²) in [4.78, 5) is 59.3. The lowest BCUT2D eigenvalue weighted by Crippen LogP contribution is -2.63. The van der Waals surface area contributed by atoms with Gasteiger partial charge in [-0.2, -0.15) is 0 Å². The Labute approximate surface area is 269 Å². The van der Waals surface area contributed by atoms with Crippen molar-refractivity contribution < 1.29 is 23.9 Å². The average molecular weight is 627 g/mol. The monoisotopic (exact) mass is 626 g/mol. The Balaban J connectivity index is 1.52. The molecule has 3 heterocycles. The van der Waals surface area contributed by atoms with Crippen LogP contribution in [-0.4, -0.2) is 65.5 Å². The van der Waals surface area contributed by atoms with Crippen LogP contribution in [0.5, 0.6) is 0 Å². The van der Waals surface area contributed by atoms with E-state index in [0.29, 0.717) is 30.7 Å². The van der Waals surface area contributed by atoms with E-state index in [1.54, 1.807) is 45.8 Å². The second-order valence-corrected chi connectivity index (χ2v) is 12.8. The normalized spacial score (nSPS) is 23.6. The van der Waals surface area contributed by atoms with Crippen LogP contribution in [0.4, 0.5) is 5.82 Å². The third-order valence-electron chi connectivity index (χ3n) is 8.31. The van der Waals surface area contributed by atoms with E-state index in [2.05, 4.69) is 16.2 Å². The number of hydrogen-bond acceptors (Lipinski definition) is 8. The highest BCUT2D eigenvalue weighted by Crippen LogP contribution is 2.25. The first-order valence-corrected chi connectivity index (χ1v) is 15.7. The van der Waals surface area contributed by atoms with Crippen molar-refractivity contribution in [2.75, 3.05) is 18.6 Å². The summed E-state index contributed by atoms with van der Waals surface area (Å²) in [5.74, 6) is -1.67. The van der Waals surface area contributed by atoms with E-state index < -0.39 is 41.4 Å². The van der Waals surface area contributed by atoms with Crippen molar-refractivity contribution in [1.82, 2.24) is 26.2 Å². The van der Waals surface area contributed by atoms with Crippen molar-refractivity contribution >= 4 is 46.5 Å². The summed E-state index contributed by atoms with van der Waals surface area (Å²) in [7, 11) is 1.71. The van der Waals surface area contributed by atoms with Crippen LogP contribution in [0.2, 0.25) is 0 Å². The quantitative estimate of drug-likeness (QED) is 0.376. The number of esters is 1. The van der Waals surface area contributed by atoms with Crippen LogP contribution in [0.3, 0.4) is 0 Å². The SMILES string of the molecule is CC(C)[C@@H]1OC(=O)C(C)(C)/C=C/c2ccc3ccc(nc3c2)N(C)NC(=O)[C@@H]2CCCN(N2)C(=O)[C@@H](Cc2ccccc2)NC1=O. The molecule has 2 aliphatic heterocycles. The molecule has 5 bridgehead atoms. The lowest BCUT2D eigenvalue weighted by atomic mass is 9.92. The Kier molecular flexibility index (Phi) is 9.71. The van der Waals surface area contributed by atoms with Gasteiger partial charge in [-0.05, 0) is 61.9 Å². The largest absolute Gasteiger partial charge is 0.451 e. The lowest BCUT2D eigenvalue weighted by Gasteiger charge is -2.36. The van der Waals surface area contributed by atoms with E-state index in [1.165, 1.54) is 5.01 Å². The van der Waals surface area contributed by atoms with Gasteiger partial charge < -0.3 is 10.1 Å². The topological polar surface area (TPSA) is 133 Å². The highest BCUT2D eigenvalue weighted by Gasteiger charge is 2.37. The summed E-state index contributed by atoms with van der Waals surface area (Å²) in [5.41, 5.74) is 7.28. The molecule has 0 radical (unpaired) electrons. The van der Waals surface area contributed by atoms with Gasteiger partial charge in [0.05, 0.1) is 10.9 Å². The zero-order valence-corrected chi connectivity index (χ0v) is 26.9. The molecule has 11 nitrogen and oxygen atoms in total. The Morgan fingerprint density at radius 3 is 2.48 bits per heavy atom. The summed E-state index contributed by atoms with van der Waals surface area (Å²) in [6.45, 7) is 7.40. The van der Waals surface area contributed by atoms with Crippen molar-refractivity contribution in [3.63, 3.8) is 0 Å². The second kappa shape index (κ2) is 13.7. The fourth-order valence-electron chi connectivity index (χ4n) is 5.47. The van der Waals surface area contributed by atoms with Crippen LogP contribution in [0.25, 0.3) is 17.0 Å². The third-order valence-corrected chi connectivity index (χ3v) is 8.31. The Hall–Kier alpha value is -4.77. The van der Waals surface area contributed by atoms with Gasteiger partial charge in [-0.1, -0.05) is 68.5 Å². The van der Waals surface area contributed by atoms with E-state index in [0.717, 1.165) is 16.5 Å². The summed E-state index contributed by atoms with van der Waals surface area (Å²) >= 11 is 0. The molecule has 0 unspecified atom stereocenters. The highest BCUT2D eigenvalue weighted by atomic mass is 16.5. The van der Waals surface area contributed by atoms with Gasteiger partial charge in [-0.25, -0.2) is 10.4 Å². The number of amides is 3. The molecule has 3 atom stereocenters. The first kappa shape index (κ1) is 32.6. The average Bonchev–Trinajstić information content (AvgIpc) is 3.05. The van der Waals surface area contributed by atoms with Crippen LogP contribution < -0.4 is 21.2 Å². The molecule has 1 saturated heterocycles. The van der Waals surface area contributed by atoms with Crippen molar-refractivity contribution in [2.24, 2.45) is 11.3 Å². The maximum absolute atomic E-state index is 14.0. The number of rotatable bonds is 3. The fourth-order valence-corrected chi connectivity index (χ4v) is 5.47. The number of aromatic nitrogens is 1. The Morgan fingerprint density at radius 2 is 1.74 bits per heavy atom. The van der Waals surface area contributed by atoms with Crippen LogP contribution >= 0.6 is 0 Å². The number of carbonyl (C=O) groups is 4. The van der Waals surface area contributed by atoms with Gasteiger partial charge in [0.1, 0.15) is 17.9 Å². The van der Waals surface area contributed by atoms with Crippen LogP contribution in [-0.2, 0) is 30.3 Å². The fraction of sp³-hybridized carbons (Fsp3) is 0.400. The van der Waals surface area contributed by atoms with Gasteiger partial charge in [-0.15, -0.1) is 0 Å². The number of cyclic esters (lactones) is 1. The molecule has 3 aromatic rings. The molecule has 5 rings (SSSR count). The van der Waals surface area contributed by atoms with E-state index in [1.807, 2.05) is 66.7 Å². The zero-order valence-electron chi connectivity index (χ0n) is 26.9.